The van der Waals surface area contributed by atoms with Crippen molar-refractivity contribution in [3.63, 3.8) is 0 Å². The quantitative estimate of drug-likeness (QED) is 0.654. The number of hydrogen-bond donors (Lipinski definition) is 1. The molecule has 152 valence electrons. The van der Waals surface area contributed by atoms with Gasteiger partial charge in [-0.15, -0.1) is 11.8 Å². The van der Waals surface area contributed by atoms with Gasteiger partial charge in [-0.25, -0.2) is 0 Å². The number of hydrogen-bond acceptors (Lipinski definition) is 4. The second-order valence-corrected chi connectivity index (χ2v) is 7.95. The number of thioether (sulfide) groups is 1. The number of nitrogens with one attached hydrogen (secondary N) is 1. The highest BCUT2D eigenvalue weighted by Crippen LogP contribution is 2.30. The maximum absolute atomic E-state index is 12.5. The Bertz CT molecular complexity index is 810. The van der Waals surface area contributed by atoms with Crippen LogP contribution >= 0.6 is 11.8 Å². The Morgan fingerprint density at radius 3 is 2.79 bits per heavy atom. The van der Waals surface area contributed by atoms with E-state index >= 15 is 0 Å². The molecule has 2 heterocycles. The summed E-state index contributed by atoms with van der Waals surface area (Å²) in [5.41, 5.74) is 1.02. The summed E-state index contributed by atoms with van der Waals surface area (Å²) >= 11 is 1.51. The zero-order valence-electron chi connectivity index (χ0n) is 16.6. The Hall–Kier alpha value is -1.99. The van der Waals surface area contributed by atoms with Gasteiger partial charge in [0.1, 0.15) is 6.54 Å². The number of amides is 2. The number of ether oxygens (including phenoxy) is 1. The molecule has 0 saturated carbocycles. The molecule has 6 nitrogen and oxygen atoms in total. The van der Waals surface area contributed by atoms with Crippen molar-refractivity contribution in [3.05, 3.63) is 30.5 Å². The molecule has 1 N–H and O–H groups in total. The van der Waals surface area contributed by atoms with Crippen molar-refractivity contribution < 1.29 is 14.3 Å². The van der Waals surface area contributed by atoms with Crippen molar-refractivity contribution in [2.45, 2.75) is 44.2 Å². The number of carbonyl (C=O) groups excluding carboxylic acids is 2. The average molecular weight is 404 g/mol. The average Bonchev–Trinajstić information content (AvgIpc) is 3.34. The Kier molecular flexibility index (Phi) is 7.39. The maximum Gasteiger partial charge on any atom is 0.242 e. The van der Waals surface area contributed by atoms with Gasteiger partial charge in [-0.2, -0.15) is 0 Å². The molecular formula is C21H29N3O3S. The van der Waals surface area contributed by atoms with Crippen LogP contribution in [0.3, 0.4) is 0 Å². The summed E-state index contributed by atoms with van der Waals surface area (Å²) in [5, 5.41) is 4.04. The largest absolute Gasteiger partial charge is 0.376 e. The van der Waals surface area contributed by atoms with Crippen molar-refractivity contribution in [1.82, 2.24) is 14.8 Å². The molecule has 0 aliphatic carbocycles. The van der Waals surface area contributed by atoms with E-state index in [0.29, 0.717) is 31.9 Å². The number of likely N-dealkylation sites (N-methyl/N-ethyl adjacent to an activating group) is 1. The van der Waals surface area contributed by atoms with E-state index in [1.54, 1.807) is 0 Å². The van der Waals surface area contributed by atoms with Gasteiger partial charge >= 0.3 is 0 Å². The molecule has 0 bridgehead atoms. The van der Waals surface area contributed by atoms with E-state index in [9.17, 15) is 9.59 Å². The molecular weight excluding hydrogens is 374 g/mol. The molecule has 7 heteroatoms. The highest BCUT2D eigenvalue weighted by molar-refractivity contribution is 8.00. The molecule has 28 heavy (non-hydrogen) atoms. The topological polar surface area (TPSA) is 63.6 Å². The smallest absolute Gasteiger partial charge is 0.242 e. The highest BCUT2D eigenvalue weighted by atomic mass is 32.2. The first-order chi connectivity index (χ1) is 13.6. The van der Waals surface area contributed by atoms with Crippen molar-refractivity contribution >= 4 is 34.5 Å². The van der Waals surface area contributed by atoms with Gasteiger partial charge in [-0.3, -0.25) is 9.59 Å². The first-order valence-corrected chi connectivity index (χ1v) is 11.0. The summed E-state index contributed by atoms with van der Waals surface area (Å²) in [5.74, 6) is 0.471. The SMILES string of the molecule is CCN(CC)C(=O)Cn1cc(SCC(=O)NC[C@@H]2CCCO2)c2ccccc21. The molecule has 0 radical (unpaired) electrons. The van der Waals surface area contributed by atoms with Crippen LogP contribution in [0.25, 0.3) is 10.9 Å². The number of rotatable bonds is 9. The zero-order chi connectivity index (χ0) is 19.9. The van der Waals surface area contributed by atoms with E-state index in [1.807, 2.05) is 53.8 Å². The van der Waals surface area contributed by atoms with Crippen LogP contribution in [0, 0.1) is 0 Å². The van der Waals surface area contributed by atoms with E-state index in [0.717, 1.165) is 35.2 Å². The minimum absolute atomic E-state index is 0.0107. The molecule has 1 fully saturated rings. The second-order valence-electron chi connectivity index (χ2n) is 6.93. The van der Waals surface area contributed by atoms with Gasteiger partial charge in [0, 0.05) is 48.2 Å². The van der Waals surface area contributed by atoms with Gasteiger partial charge in [0.05, 0.1) is 11.9 Å². The van der Waals surface area contributed by atoms with Crippen molar-refractivity contribution in [1.29, 1.82) is 0 Å². The Labute approximate surface area is 170 Å². The van der Waals surface area contributed by atoms with Gasteiger partial charge in [0.25, 0.3) is 0 Å². The van der Waals surface area contributed by atoms with Gasteiger partial charge in [-0.05, 0) is 32.8 Å². The number of carbonyl (C=O) groups is 2. The maximum atomic E-state index is 12.5. The molecule has 1 aliphatic rings. The summed E-state index contributed by atoms with van der Waals surface area (Å²) < 4.78 is 7.53. The third-order valence-electron chi connectivity index (χ3n) is 5.08. The molecule has 2 amide bonds. The lowest BCUT2D eigenvalue weighted by Gasteiger charge is -2.19. The molecule has 1 aromatic carbocycles. The molecule has 1 aliphatic heterocycles. The minimum atomic E-state index is 0.0107. The molecule has 1 atom stereocenters. The molecule has 0 unspecified atom stereocenters. The van der Waals surface area contributed by atoms with Crippen LogP contribution in [0.5, 0.6) is 0 Å². The monoisotopic (exact) mass is 403 g/mol. The zero-order valence-corrected chi connectivity index (χ0v) is 17.5. The predicted octanol–water partition coefficient (Wildman–Crippen LogP) is 2.90. The molecule has 0 spiro atoms. The molecule has 2 aromatic rings. The Balaban J connectivity index is 1.64. The van der Waals surface area contributed by atoms with Crippen molar-refractivity contribution in [2.75, 3.05) is 32.0 Å². The number of benzene rings is 1. The predicted molar refractivity (Wildman–Crippen MR) is 113 cm³/mol. The fraction of sp³-hybridized carbons (Fsp3) is 0.524. The normalized spacial score (nSPS) is 16.4. The third kappa shape index (κ3) is 5.08. The molecule has 1 saturated heterocycles. The minimum Gasteiger partial charge on any atom is -0.376 e. The lowest BCUT2D eigenvalue weighted by Crippen LogP contribution is -2.33. The first-order valence-electron chi connectivity index (χ1n) is 9.99. The summed E-state index contributed by atoms with van der Waals surface area (Å²) in [6.07, 6.45) is 4.23. The fourth-order valence-corrected chi connectivity index (χ4v) is 4.43. The van der Waals surface area contributed by atoms with Crippen LogP contribution < -0.4 is 5.32 Å². The third-order valence-corrected chi connectivity index (χ3v) is 6.13. The van der Waals surface area contributed by atoms with E-state index in [2.05, 4.69) is 5.32 Å². The fourth-order valence-electron chi connectivity index (χ4n) is 3.51. The lowest BCUT2D eigenvalue weighted by atomic mass is 10.2. The number of aromatic nitrogens is 1. The van der Waals surface area contributed by atoms with E-state index in [-0.39, 0.29) is 17.9 Å². The van der Waals surface area contributed by atoms with Crippen molar-refractivity contribution in [3.8, 4) is 0 Å². The lowest BCUT2D eigenvalue weighted by molar-refractivity contribution is -0.131. The highest BCUT2D eigenvalue weighted by Gasteiger charge is 2.17. The van der Waals surface area contributed by atoms with Crippen LogP contribution in [0.15, 0.2) is 35.4 Å². The van der Waals surface area contributed by atoms with E-state index in [1.165, 1.54) is 11.8 Å². The van der Waals surface area contributed by atoms with Crippen molar-refractivity contribution in [2.24, 2.45) is 0 Å². The molecule has 1 aromatic heterocycles. The summed E-state index contributed by atoms with van der Waals surface area (Å²) in [6, 6.07) is 8.02. The second kappa shape index (κ2) is 9.98. The Morgan fingerprint density at radius 2 is 2.07 bits per heavy atom. The standard InChI is InChI=1S/C21H29N3O3S/c1-3-23(4-2)21(26)14-24-13-19(17-9-5-6-10-18(17)24)28-15-20(25)22-12-16-8-7-11-27-16/h5-6,9-10,13,16H,3-4,7-8,11-12,14-15H2,1-2H3,(H,22,25)/t16-/m0/s1. The van der Waals surface area contributed by atoms with Gasteiger partial charge in [-0.1, -0.05) is 18.2 Å². The Morgan fingerprint density at radius 1 is 1.29 bits per heavy atom. The molecule has 3 rings (SSSR count). The van der Waals surface area contributed by atoms with Gasteiger partial charge in [0.2, 0.25) is 11.8 Å². The number of nitrogens with zero attached hydrogens (tertiary/aromatic N) is 2. The van der Waals surface area contributed by atoms with Crippen LogP contribution in [0.2, 0.25) is 0 Å². The number of para-hydroxylation sites is 1. The first kappa shape index (κ1) is 20.7. The number of fused-ring (bicyclic) bond motifs is 1. The van der Waals surface area contributed by atoms with E-state index in [4.69, 9.17) is 4.74 Å². The van der Waals surface area contributed by atoms with Gasteiger partial charge in [0.15, 0.2) is 0 Å². The summed E-state index contributed by atoms with van der Waals surface area (Å²) in [6.45, 7) is 7.09. The summed E-state index contributed by atoms with van der Waals surface area (Å²) in [7, 11) is 0. The summed E-state index contributed by atoms with van der Waals surface area (Å²) in [4.78, 5) is 27.6. The van der Waals surface area contributed by atoms with E-state index < -0.39 is 0 Å². The van der Waals surface area contributed by atoms with Crippen LogP contribution in [0.1, 0.15) is 26.7 Å². The van der Waals surface area contributed by atoms with Crippen LogP contribution in [-0.4, -0.2) is 59.4 Å². The van der Waals surface area contributed by atoms with Gasteiger partial charge < -0.3 is 19.5 Å². The van der Waals surface area contributed by atoms with Crippen LogP contribution in [-0.2, 0) is 20.9 Å². The van der Waals surface area contributed by atoms with Crippen LogP contribution in [0.4, 0.5) is 0 Å².